The highest BCUT2D eigenvalue weighted by molar-refractivity contribution is 6.17. The van der Waals surface area contributed by atoms with Crippen LogP contribution >= 0.6 is 11.6 Å². The van der Waals surface area contributed by atoms with Gasteiger partial charge in [-0.1, -0.05) is 12.1 Å². The van der Waals surface area contributed by atoms with E-state index in [2.05, 4.69) is 11.9 Å². The summed E-state index contributed by atoms with van der Waals surface area (Å²) >= 11 is 5.75. The standard InChI is InChI=1S/C15H21ClN2O/c1-17-9-3-4-14(17)11-18(2)15(19)13-7-5-12(10-16)6-8-13/h5-8,14H,3-4,9-11H2,1-2H3. The van der Waals surface area contributed by atoms with E-state index in [0.29, 0.717) is 11.9 Å². The summed E-state index contributed by atoms with van der Waals surface area (Å²) in [6, 6.07) is 8.03. The lowest BCUT2D eigenvalue weighted by Gasteiger charge is -2.26. The molecule has 1 aliphatic rings. The first kappa shape index (κ1) is 14.4. The molecule has 0 N–H and O–H groups in total. The number of benzene rings is 1. The lowest BCUT2D eigenvalue weighted by atomic mass is 10.1. The van der Waals surface area contributed by atoms with Crippen LogP contribution in [-0.2, 0) is 5.88 Å². The van der Waals surface area contributed by atoms with E-state index in [1.54, 1.807) is 0 Å². The molecular weight excluding hydrogens is 260 g/mol. The van der Waals surface area contributed by atoms with Crippen LogP contribution in [0, 0.1) is 0 Å². The minimum atomic E-state index is 0.0847. The highest BCUT2D eigenvalue weighted by atomic mass is 35.5. The largest absolute Gasteiger partial charge is 0.340 e. The summed E-state index contributed by atoms with van der Waals surface area (Å²) in [6.07, 6.45) is 2.41. The van der Waals surface area contributed by atoms with E-state index in [9.17, 15) is 4.79 Å². The minimum absolute atomic E-state index is 0.0847. The molecule has 19 heavy (non-hydrogen) atoms. The molecule has 1 atom stereocenters. The van der Waals surface area contributed by atoms with Crippen molar-refractivity contribution in [2.24, 2.45) is 0 Å². The van der Waals surface area contributed by atoms with E-state index in [1.165, 1.54) is 12.8 Å². The molecule has 0 bridgehead atoms. The first-order valence-corrected chi connectivity index (χ1v) is 7.26. The van der Waals surface area contributed by atoms with E-state index < -0.39 is 0 Å². The van der Waals surface area contributed by atoms with Gasteiger partial charge in [0.2, 0.25) is 0 Å². The second kappa shape index (κ2) is 6.40. The van der Waals surface area contributed by atoms with Gasteiger partial charge in [-0.2, -0.15) is 0 Å². The van der Waals surface area contributed by atoms with Gasteiger partial charge < -0.3 is 9.80 Å². The fourth-order valence-electron chi connectivity index (χ4n) is 2.57. The molecule has 1 aromatic carbocycles. The topological polar surface area (TPSA) is 23.6 Å². The van der Waals surface area contributed by atoms with Crippen LogP contribution in [0.1, 0.15) is 28.8 Å². The van der Waals surface area contributed by atoms with Crippen molar-refractivity contribution in [3.8, 4) is 0 Å². The highest BCUT2D eigenvalue weighted by Crippen LogP contribution is 2.16. The van der Waals surface area contributed by atoms with Crippen LogP contribution < -0.4 is 0 Å². The van der Waals surface area contributed by atoms with Crippen molar-refractivity contribution in [2.45, 2.75) is 24.8 Å². The molecule has 0 aliphatic carbocycles. The molecule has 104 valence electrons. The highest BCUT2D eigenvalue weighted by Gasteiger charge is 2.24. The fourth-order valence-corrected chi connectivity index (χ4v) is 2.74. The third-order valence-corrected chi connectivity index (χ3v) is 4.17. The number of alkyl halides is 1. The fraction of sp³-hybridized carbons (Fsp3) is 0.533. The second-order valence-electron chi connectivity index (χ2n) is 5.29. The van der Waals surface area contributed by atoms with Gasteiger partial charge in [-0.15, -0.1) is 11.6 Å². The minimum Gasteiger partial charge on any atom is -0.340 e. The van der Waals surface area contributed by atoms with Gasteiger partial charge in [0.05, 0.1) is 0 Å². The Morgan fingerprint density at radius 1 is 1.42 bits per heavy atom. The summed E-state index contributed by atoms with van der Waals surface area (Å²) in [5.41, 5.74) is 1.77. The zero-order valence-corrected chi connectivity index (χ0v) is 12.4. The van der Waals surface area contributed by atoms with Crippen LogP contribution in [0.3, 0.4) is 0 Å². The Hall–Kier alpha value is -1.06. The molecule has 1 aromatic rings. The number of nitrogens with zero attached hydrogens (tertiary/aromatic N) is 2. The van der Waals surface area contributed by atoms with Gasteiger partial charge in [0.15, 0.2) is 0 Å². The number of amides is 1. The van der Waals surface area contributed by atoms with E-state index in [-0.39, 0.29) is 5.91 Å². The van der Waals surface area contributed by atoms with E-state index in [1.807, 2.05) is 36.2 Å². The molecule has 0 aromatic heterocycles. The van der Waals surface area contributed by atoms with Gasteiger partial charge in [-0.25, -0.2) is 0 Å². The number of carbonyl (C=O) groups excluding carboxylic acids is 1. The maximum atomic E-state index is 12.3. The lowest BCUT2D eigenvalue weighted by Crippen LogP contribution is -2.39. The molecule has 3 nitrogen and oxygen atoms in total. The lowest BCUT2D eigenvalue weighted by molar-refractivity contribution is 0.0761. The Labute approximate surface area is 120 Å². The Bertz CT molecular complexity index is 432. The molecule has 1 aliphatic heterocycles. The van der Waals surface area contributed by atoms with Gasteiger partial charge in [0, 0.05) is 31.1 Å². The van der Waals surface area contributed by atoms with Crippen molar-refractivity contribution in [1.29, 1.82) is 0 Å². The summed E-state index contributed by atoms with van der Waals surface area (Å²) in [4.78, 5) is 16.5. The maximum Gasteiger partial charge on any atom is 0.253 e. The first-order valence-electron chi connectivity index (χ1n) is 6.72. The van der Waals surface area contributed by atoms with Crippen LogP contribution in [0.2, 0.25) is 0 Å². The predicted octanol–water partition coefficient (Wildman–Crippen LogP) is 2.59. The Morgan fingerprint density at radius 2 is 2.11 bits per heavy atom. The van der Waals surface area contributed by atoms with Gasteiger partial charge in [0.25, 0.3) is 5.91 Å². The molecule has 1 fully saturated rings. The average molecular weight is 281 g/mol. The SMILES string of the molecule is CN(CC1CCCN1C)C(=O)c1ccc(CCl)cc1. The Balaban J connectivity index is 1.97. The molecule has 1 saturated heterocycles. The van der Waals surface area contributed by atoms with Crippen LogP contribution in [0.15, 0.2) is 24.3 Å². The Kier molecular flexibility index (Phi) is 4.83. The summed E-state index contributed by atoms with van der Waals surface area (Å²) in [6.45, 7) is 1.93. The van der Waals surface area contributed by atoms with Crippen molar-refractivity contribution < 1.29 is 4.79 Å². The Morgan fingerprint density at radius 3 is 2.63 bits per heavy atom. The third kappa shape index (κ3) is 3.48. The zero-order valence-electron chi connectivity index (χ0n) is 11.6. The van der Waals surface area contributed by atoms with Crippen LogP contribution in [0.25, 0.3) is 0 Å². The molecular formula is C15H21ClN2O. The molecule has 1 heterocycles. The zero-order chi connectivity index (χ0) is 13.8. The summed E-state index contributed by atoms with van der Waals surface area (Å²) in [5, 5.41) is 0. The number of hydrogen-bond donors (Lipinski definition) is 0. The van der Waals surface area contributed by atoms with Gasteiger partial charge in [0.1, 0.15) is 0 Å². The third-order valence-electron chi connectivity index (χ3n) is 3.86. The molecule has 0 radical (unpaired) electrons. The molecule has 4 heteroatoms. The predicted molar refractivity (Wildman–Crippen MR) is 78.6 cm³/mol. The summed E-state index contributed by atoms with van der Waals surface area (Å²) < 4.78 is 0. The second-order valence-corrected chi connectivity index (χ2v) is 5.56. The number of halogens is 1. The van der Waals surface area contributed by atoms with E-state index in [0.717, 1.165) is 24.2 Å². The molecule has 1 amide bonds. The summed E-state index contributed by atoms with van der Waals surface area (Å²) in [7, 11) is 4.01. The van der Waals surface area contributed by atoms with E-state index in [4.69, 9.17) is 11.6 Å². The monoisotopic (exact) mass is 280 g/mol. The summed E-state index contributed by atoms with van der Waals surface area (Å²) in [5.74, 6) is 0.568. The van der Waals surface area contributed by atoms with Crippen LogP contribution in [0.5, 0.6) is 0 Å². The number of hydrogen-bond acceptors (Lipinski definition) is 2. The van der Waals surface area contributed by atoms with Crippen molar-refractivity contribution in [2.75, 3.05) is 27.2 Å². The van der Waals surface area contributed by atoms with Crippen molar-refractivity contribution in [3.05, 3.63) is 35.4 Å². The van der Waals surface area contributed by atoms with Crippen molar-refractivity contribution in [1.82, 2.24) is 9.80 Å². The van der Waals surface area contributed by atoms with Gasteiger partial charge in [-0.05, 0) is 44.1 Å². The van der Waals surface area contributed by atoms with Gasteiger partial charge >= 0.3 is 0 Å². The number of rotatable bonds is 4. The quantitative estimate of drug-likeness (QED) is 0.792. The van der Waals surface area contributed by atoms with Crippen molar-refractivity contribution >= 4 is 17.5 Å². The normalized spacial score (nSPS) is 19.6. The van der Waals surface area contributed by atoms with Crippen molar-refractivity contribution in [3.63, 3.8) is 0 Å². The first-order chi connectivity index (χ1) is 9.11. The molecule has 1 unspecified atom stereocenters. The molecule has 2 rings (SSSR count). The molecule has 0 saturated carbocycles. The number of likely N-dealkylation sites (N-methyl/N-ethyl adjacent to an activating group) is 2. The smallest absolute Gasteiger partial charge is 0.253 e. The number of likely N-dealkylation sites (tertiary alicyclic amines) is 1. The van der Waals surface area contributed by atoms with Crippen LogP contribution in [0.4, 0.5) is 0 Å². The van der Waals surface area contributed by atoms with Crippen LogP contribution in [-0.4, -0.2) is 48.9 Å². The maximum absolute atomic E-state index is 12.3. The average Bonchev–Trinajstić information content (AvgIpc) is 2.83. The number of carbonyl (C=O) groups is 1. The van der Waals surface area contributed by atoms with Gasteiger partial charge in [-0.3, -0.25) is 4.79 Å². The van der Waals surface area contributed by atoms with E-state index >= 15 is 0 Å². The molecule has 0 spiro atoms.